The van der Waals surface area contributed by atoms with Crippen LogP contribution in [0.4, 0.5) is 0 Å². The molecule has 1 heterocycles. The van der Waals surface area contributed by atoms with Crippen molar-refractivity contribution in [3.63, 3.8) is 0 Å². The van der Waals surface area contributed by atoms with Crippen LogP contribution < -0.4 is 5.32 Å². The molecule has 1 N–H and O–H groups in total. The molecule has 2 rings (SSSR count). The van der Waals surface area contributed by atoms with E-state index in [4.69, 9.17) is 0 Å². The first kappa shape index (κ1) is 13.4. The highest BCUT2D eigenvalue weighted by Crippen LogP contribution is 2.30. The summed E-state index contributed by atoms with van der Waals surface area (Å²) in [7, 11) is 0. The van der Waals surface area contributed by atoms with Crippen LogP contribution in [0.25, 0.3) is 0 Å². The molecule has 0 aromatic carbocycles. The van der Waals surface area contributed by atoms with E-state index in [1.54, 1.807) is 6.92 Å². The molecule has 0 bridgehead atoms. The average molecular weight is 252 g/mol. The van der Waals surface area contributed by atoms with Gasteiger partial charge in [-0.3, -0.25) is 9.59 Å². The number of carbonyl (C=O) groups excluding carboxylic acids is 2. The van der Waals surface area contributed by atoms with E-state index in [-0.39, 0.29) is 29.9 Å². The maximum atomic E-state index is 12.3. The lowest BCUT2D eigenvalue weighted by atomic mass is 9.83. The number of amides is 2. The van der Waals surface area contributed by atoms with Gasteiger partial charge in [-0.05, 0) is 39.5 Å². The summed E-state index contributed by atoms with van der Waals surface area (Å²) in [6.45, 7) is 5.71. The predicted molar refractivity (Wildman–Crippen MR) is 69.9 cm³/mol. The van der Waals surface area contributed by atoms with Gasteiger partial charge >= 0.3 is 0 Å². The zero-order valence-electron chi connectivity index (χ0n) is 11.6. The lowest BCUT2D eigenvalue weighted by molar-refractivity contribution is -0.152. The number of carbonyl (C=O) groups is 2. The quantitative estimate of drug-likeness (QED) is 0.813. The van der Waals surface area contributed by atoms with Gasteiger partial charge in [0.15, 0.2) is 0 Å². The Labute approximate surface area is 109 Å². The minimum Gasteiger partial charge on any atom is -0.343 e. The van der Waals surface area contributed by atoms with Gasteiger partial charge in [0.1, 0.15) is 12.1 Å². The van der Waals surface area contributed by atoms with E-state index in [1.807, 2.05) is 11.8 Å². The fourth-order valence-corrected chi connectivity index (χ4v) is 3.33. The fraction of sp³-hybridized carbons (Fsp3) is 0.857. The monoisotopic (exact) mass is 252 g/mol. The molecule has 1 aliphatic carbocycles. The highest BCUT2D eigenvalue weighted by molar-refractivity contribution is 5.96. The van der Waals surface area contributed by atoms with E-state index in [2.05, 4.69) is 12.2 Å². The number of nitrogens with one attached hydrogen (secondary N) is 1. The largest absolute Gasteiger partial charge is 0.343 e. The molecule has 0 radical (unpaired) electrons. The number of nitrogens with zero attached hydrogens (tertiary/aromatic N) is 1. The highest BCUT2D eigenvalue weighted by Gasteiger charge is 2.40. The highest BCUT2D eigenvalue weighted by atomic mass is 16.2. The molecule has 2 fully saturated rings. The van der Waals surface area contributed by atoms with Gasteiger partial charge in [0.05, 0.1) is 0 Å². The first-order valence-corrected chi connectivity index (χ1v) is 7.15. The lowest BCUT2D eigenvalue weighted by Crippen LogP contribution is -2.64. The van der Waals surface area contributed by atoms with Crippen LogP contribution >= 0.6 is 0 Å². The van der Waals surface area contributed by atoms with Gasteiger partial charge in [-0.15, -0.1) is 0 Å². The summed E-state index contributed by atoms with van der Waals surface area (Å²) in [6, 6.07) is -0.522. The molecular weight excluding hydrogens is 228 g/mol. The smallest absolute Gasteiger partial charge is 0.245 e. The Morgan fingerprint density at radius 1 is 1.17 bits per heavy atom. The molecule has 4 heteroatoms. The zero-order valence-corrected chi connectivity index (χ0v) is 11.6. The molecule has 1 saturated heterocycles. The lowest BCUT2D eigenvalue weighted by Gasteiger charge is -2.43. The van der Waals surface area contributed by atoms with Crippen molar-refractivity contribution < 1.29 is 9.59 Å². The van der Waals surface area contributed by atoms with Crippen LogP contribution in [0.2, 0.25) is 0 Å². The summed E-state index contributed by atoms with van der Waals surface area (Å²) in [5.41, 5.74) is 0. The molecule has 3 unspecified atom stereocenters. The Balaban J connectivity index is 2.12. The van der Waals surface area contributed by atoms with Crippen molar-refractivity contribution in [2.45, 2.75) is 71.0 Å². The molecular formula is C14H24N2O2. The van der Waals surface area contributed by atoms with Crippen LogP contribution in [0.3, 0.4) is 0 Å². The average Bonchev–Trinajstić information content (AvgIpc) is 2.37. The fourth-order valence-electron chi connectivity index (χ4n) is 3.33. The maximum Gasteiger partial charge on any atom is 0.245 e. The number of hydrogen-bond donors (Lipinski definition) is 1. The Morgan fingerprint density at radius 3 is 2.39 bits per heavy atom. The molecule has 4 nitrogen and oxygen atoms in total. The van der Waals surface area contributed by atoms with E-state index in [1.165, 1.54) is 32.1 Å². The van der Waals surface area contributed by atoms with Crippen molar-refractivity contribution in [1.29, 1.82) is 0 Å². The number of hydrogen-bond acceptors (Lipinski definition) is 2. The van der Waals surface area contributed by atoms with Crippen LogP contribution in [-0.2, 0) is 9.59 Å². The van der Waals surface area contributed by atoms with Crippen LogP contribution in [-0.4, -0.2) is 34.8 Å². The minimum absolute atomic E-state index is 0.0234. The Hall–Kier alpha value is -1.06. The molecule has 0 spiro atoms. The van der Waals surface area contributed by atoms with Gasteiger partial charge < -0.3 is 10.2 Å². The zero-order chi connectivity index (χ0) is 13.3. The van der Waals surface area contributed by atoms with Crippen molar-refractivity contribution in [3.8, 4) is 0 Å². The van der Waals surface area contributed by atoms with Gasteiger partial charge in [0.2, 0.25) is 11.8 Å². The molecule has 2 amide bonds. The summed E-state index contributed by atoms with van der Waals surface area (Å²) >= 11 is 0. The van der Waals surface area contributed by atoms with Crippen molar-refractivity contribution >= 4 is 11.8 Å². The summed E-state index contributed by atoms with van der Waals surface area (Å²) in [4.78, 5) is 25.9. The molecule has 0 aromatic rings. The summed E-state index contributed by atoms with van der Waals surface area (Å²) < 4.78 is 0. The van der Waals surface area contributed by atoms with Crippen molar-refractivity contribution in [3.05, 3.63) is 0 Å². The third-order valence-corrected chi connectivity index (χ3v) is 4.55. The van der Waals surface area contributed by atoms with Crippen LogP contribution in [0, 0.1) is 5.92 Å². The second kappa shape index (κ2) is 5.29. The van der Waals surface area contributed by atoms with Crippen molar-refractivity contribution in [1.82, 2.24) is 10.2 Å². The first-order chi connectivity index (χ1) is 8.52. The third-order valence-electron chi connectivity index (χ3n) is 4.55. The SMILES string of the molecule is CC1NC(=O)C(C)N(C(C)C2CCCCC2)C1=O. The van der Waals surface area contributed by atoms with Gasteiger partial charge in [-0.2, -0.15) is 0 Å². The van der Waals surface area contributed by atoms with Gasteiger partial charge in [0.25, 0.3) is 0 Å². The van der Waals surface area contributed by atoms with Crippen LogP contribution in [0.1, 0.15) is 52.9 Å². The van der Waals surface area contributed by atoms with E-state index in [0.29, 0.717) is 5.92 Å². The minimum atomic E-state index is -0.375. The molecule has 18 heavy (non-hydrogen) atoms. The predicted octanol–water partition coefficient (Wildman–Crippen LogP) is 1.69. The van der Waals surface area contributed by atoms with Gasteiger partial charge in [-0.1, -0.05) is 19.3 Å². The number of piperazine rings is 1. The van der Waals surface area contributed by atoms with E-state index < -0.39 is 0 Å². The summed E-state index contributed by atoms with van der Waals surface area (Å²) in [5.74, 6) is 0.605. The molecule has 2 aliphatic rings. The normalized spacial score (nSPS) is 32.3. The van der Waals surface area contributed by atoms with Gasteiger partial charge in [0, 0.05) is 6.04 Å². The number of rotatable bonds is 2. The van der Waals surface area contributed by atoms with E-state index in [9.17, 15) is 9.59 Å². The second-order valence-corrected chi connectivity index (χ2v) is 5.79. The van der Waals surface area contributed by atoms with Gasteiger partial charge in [-0.25, -0.2) is 0 Å². The first-order valence-electron chi connectivity index (χ1n) is 7.15. The van der Waals surface area contributed by atoms with Crippen LogP contribution in [0.15, 0.2) is 0 Å². The van der Waals surface area contributed by atoms with E-state index in [0.717, 1.165) is 0 Å². The standard InChI is InChI=1S/C14H24N2O2/c1-9-14(18)16(11(3)13(17)15-9)10(2)12-7-5-4-6-8-12/h9-12H,4-8H2,1-3H3,(H,15,17). The van der Waals surface area contributed by atoms with E-state index >= 15 is 0 Å². The molecule has 3 atom stereocenters. The topological polar surface area (TPSA) is 49.4 Å². The molecule has 1 aliphatic heterocycles. The molecule has 1 saturated carbocycles. The second-order valence-electron chi connectivity index (χ2n) is 5.79. The molecule has 102 valence electrons. The summed E-state index contributed by atoms with van der Waals surface area (Å²) in [5, 5.41) is 2.74. The Bertz CT molecular complexity index is 337. The van der Waals surface area contributed by atoms with Crippen LogP contribution in [0.5, 0.6) is 0 Å². The van der Waals surface area contributed by atoms with Crippen molar-refractivity contribution in [2.75, 3.05) is 0 Å². The Morgan fingerprint density at radius 2 is 1.78 bits per heavy atom. The molecule has 0 aromatic heterocycles. The Kier molecular flexibility index (Phi) is 3.93. The van der Waals surface area contributed by atoms with Crippen molar-refractivity contribution in [2.24, 2.45) is 5.92 Å². The summed E-state index contributed by atoms with van der Waals surface area (Å²) in [6.07, 6.45) is 6.20. The third kappa shape index (κ3) is 2.38. The maximum absolute atomic E-state index is 12.3.